The van der Waals surface area contributed by atoms with Crippen molar-refractivity contribution in [2.75, 3.05) is 6.54 Å². The van der Waals surface area contributed by atoms with Gasteiger partial charge in [-0.25, -0.2) is 12.8 Å². The van der Waals surface area contributed by atoms with Gasteiger partial charge in [0.2, 0.25) is 5.91 Å². The minimum atomic E-state index is 0. The van der Waals surface area contributed by atoms with Gasteiger partial charge in [0.15, 0.2) is 0 Å². The summed E-state index contributed by atoms with van der Waals surface area (Å²) in [6.45, 7) is 90.2. The van der Waals surface area contributed by atoms with Gasteiger partial charge < -0.3 is 78.2 Å². The van der Waals surface area contributed by atoms with Crippen molar-refractivity contribution in [3.05, 3.63) is 115 Å². The Morgan fingerprint density at radius 3 is 0.705 bits per heavy atom. The minimum absolute atomic E-state index is 0. The van der Waals surface area contributed by atoms with Crippen molar-refractivity contribution in [1.29, 1.82) is 0 Å². The largest absolute Gasteiger partial charge is 0.394 e. The van der Waals surface area contributed by atoms with E-state index in [1.807, 2.05) is 41.3 Å². The second-order valence-electron chi connectivity index (χ2n) is 27.2. The summed E-state index contributed by atoms with van der Waals surface area (Å²) in [4.78, 5) is 13.1. The molecule has 0 aromatic heterocycles. The molecule has 464 valence electrons. The van der Waals surface area contributed by atoms with Gasteiger partial charge in [-0.1, -0.05) is 247 Å². The van der Waals surface area contributed by atoms with E-state index in [0.717, 1.165) is 69.2 Å². The van der Waals surface area contributed by atoms with Crippen LogP contribution in [0.3, 0.4) is 0 Å². The summed E-state index contributed by atoms with van der Waals surface area (Å²) in [7, 11) is 0. The number of carbonyl (C=O) groups is 1. The van der Waals surface area contributed by atoms with Crippen LogP contribution < -0.4 is 0 Å². The van der Waals surface area contributed by atoms with Crippen LogP contribution in [0.25, 0.3) is 0 Å². The molecule has 6 heteroatoms. The molecule has 4 radical (unpaired) electrons. The Morgan fingerprint density at radius 1 is 0.423 bits per heavy atom. The molecule has 1 aromatic carbocycles. The number of hydrogen-bond donors (Lipinski definition) is 0. The van der Waals surface area contributed by atoms with Crippen molar-refractivity contribution in [2.24, 2.45) is 39.4 Å². The zero-order valence-electron chi connectivity index (χ0n) is 58.9. The Bertz CT molecular complexity index is 971. The van der Waals surface area contributed by atoms with Crippen LogP contribution in [0.15, 0.2) is 60.7 Å². The molecule has 3 aliphatic rings. The van der Waals surface area contributed by atoms with E-state index in [-0.39, 0.29) is 131 Å². The van der Waals surface area contributed by atoms with Crippen LogP contribution in [0.2, 0.25) is 0 Å². The number of benzene rings is 1. The molecule has 2 nitrogen and oxygen atoms in total. The van der Waals surface area contributed by atoms with Gasteiger partial charge in [0, 0.05) is 150 Å². The van der Waals surface area contributed by atoms with E-state index >= 15 is 0 Å². The average molecular weight is 1400 g/mol. The Balaban J connectivity index is -0.0000000422. The second-order valence-corrected chi connectivity index (χ2v) is 27.2. The summed E-state index contributed by atoms with van der Waals surface area (Å²) < 4.78 is 0. The molecular weight excluding hydrogens is 1250 g/mol. The zero-order chi connectivity index (χ0) is 61.3. The van der Waals surface area contributed by atoms with E-state index in [1.54, 1.807) is 0 Å². The van der Waals surface area contributed by atoms with Crippen LogP contribution in [0.4, 0.5) is 0 Å². The molecule has 1 saturated carbocycles. The van der Waals surface area contributed by atoms with Crippen LogP contribution in [-0.4, -0.2) is 23.4 Å². The Morgan fingerprint density at radius 2 is 0.628 bits per heavy atom. The number of allylic oxidation sites excluding steroid dienone is 4. The van der Waals surface area contributed by atoms with Crippen molar-refractivity contribution in [3.8, 4) is 0 Å². The van der Waals surface area contributed by atoms with Crippen LogP contribution in [-0.2, 0) is 136 Å². The van der Waals surface area contributed by atoms with Crippen LogP contribution in [0.5, 0.6) is 0 Å². The summed E-state index contributed by atoms with van der Waals surface area (Å²) in [6.07, 6.45) is 27.5. The van der Waals surface area contributed by atoms with Crippen molar-refractivity contribution in [1.82, 2.24) is 4.90 Å². The normalized spacial score (nSPS) is 12.0. The quantitative estimate of drug-likeness (QED) is 0.163. The zero-order valence-corrected chi connectivity index (χ0v) is 70.2. The smallest absolute Gasteiger partial charge is 0.222 e. The molecule has 2 aliphatic carbocycles. The molecule has 1 amide bonds. The molecule has 1 heterocycles. The third kappa shape index (κ3) is 336. The number of hydrogen-bond acceptors (Lipinski definition) is 1. The first kappa shape index (κ1) is 118. The maximum Gasteiger partial charge on any atom is 0.222 e. The molecule has 0 bridgehead atoms. The molecule has 1 aliphatic heterocycles. The van der Waals surface area contributed by atoms with E-state index in [0.29, 0.717) is 33.6 Å². The maximum absolute atomic E-state index is 11.2. The fourth-order valence-corrected chi connectivity index (χ4v) is 2.94. The van der Waals surface area contributed by atoms with Gasteiger partial charge >= 0.3 is 0 Å². The predicted octanol–water partition coefficient (Wildman–Crippen LogP) is 25.2. The average Bonchev–Trinajstić information content (AvgIpc) is 3.20. The Hall–Kier alpha value is 2.33. The number of likely N-dealkylation sites (tertiary alicyclic amines) is 1. The van der Waals surface area contributed by atoms with Gasteiger partial charge in [-0.05, 0) is 91.8 Å². The second kappa shape index (κ2) is 93.0. The van der Waals surface area contributed by atoms with E-state index in [9.17, 15) is 4.79 Å². The maximum atomic E-state index is 11.2. The van der Waals surface area contributed by atoms with E-state index < -0.39 is 0 Å². The van der Waals surface area contributed by atoms with Gasteiger partial charge in [0.1, 0.15) is 0 Å². The monoisotopic (exact) mass is 1400 g/mol. The number of amides is 1. The van der Waals surface area contributed by atoms with Gasteiger partial charge in [0.25, 0.3) is 0 Å². The fourth-order valence-electron chi connectivity index (χ4n) is 2.94. The molecule has 0 unspecified atom stereocenters. The molecule has 4 rings (SSSR count). The Labute approximate surface area is 602 Å². The molecular formula is C72H145NOY4-8. The van der Waals surface area contributed by atoms with Gasteiger partial charge in [-0.15, -0.1) is 6.42 Å². The molecule has 1 saturated heterocycles. The predicted molar refractivity (Wildman–Crippen MR) is 353 cm³/mol. The molecule has 0 N–H and O–H groups in total. The molecule has 2 fully saturated rings. The number of nitrogens with zero attached hydrogens (tertiary/aromatic N) is 1. The van der Waals surface area contributed by atoms with Crippen molar-refractivity contribution in [2.45, 2.75) is 302 Å². The SMILES string of the molecule is C1=CCCCC1.C1CCC1.CC(C)(C)C.CC(C)(C)C.CC(C)(C)C.CC(C)(C)C.CC(C)C.CC(C)C.CC(C)C.CC(C)N1CCCCC1=O.[CH-]=CC=[CH-].[CH2-]CCC[CH2-].[CH2-]CC[CH2-].[CH2-]C[CH2-].[Y].[Y].[Y].[Y].c1ccccc1. The topological polar surface area (TPSA) is 20.3 Å². The number of carbonyl (C=O) groups excluding carboxylic acids is 1. The molecule has 1 aromatic rings. The van der Waals surface area contributed by atoms with E-state index in [2.05, 4.69) is 241 Å². The van der Waals surface area contributed by atoms with Crippen molar-refractivity contribution >= 4 is 5.91 Å². The van der Waals surface area contributed by atoms with E-state index in [4.69, 9.17) is 13.2 Å². The number of unbranched alkanes of at least 4 members (excludes halogenated alkanes) is 3. The minimum Gasteiger partial charge on any atom is -0.394 e. The first-order valence-electron chi connectivity index (χ1n) is 29.4. The fraction of sp³-hybridized carbons (Fsp3) is 0.736. The number of rotatable bonds is 5. The van der Waals surface area contributed by atoms with Crippen molar-refractivity contribution < 1.29 is 136 Å². The van der Waals surface area contributed by atoms with Crippen LogP contribution in [0, 0.1) is 94.1 Å². The summed E-state index contributed by atoms with van der Waals surface area (Å²) in [6, 6.07) is 12.4. The first-order valence-corrected chi connectivity index (χ1v) is 29.4. The molecule has 0 atom stereocenters. The van der Waals surface area contributed by atoms with Gasteiger partial charge in [-0.3, -0.25) is 4.79 Å². The van der Waals surface area contributed by atoms with Crippen molar-refractivity contribution in [3.63, 3.8) is 0 Å². The molecule has 0 spiro atoms. The summed E-state index contributed by atoms with van der Waals surface area (Å²) >= 11 is 0. The molecule has 78 heavy (non-hydrogen) atoms. The van der Waals surface area contributed by atoms with Gasteiger partial charge in [0.05, 0.1) is 0 Å². The third-order valence-electron chi connectivity index (χ3n) is 5.67. The first-order chi connectivity index (χ1) is 33.6. The van der Waals surface area contributed by atoms with Crippen LogP contribution >= 0.6 is 0 Å². The number of piperidine rings is 1. The summed E-state index contributed by atoms with van der Waals surface area (Å²) in [5.74, 6) is 2.83. The standard InChI is InChI=1S/C8H15NO.C6H10.C6H6.4C5H12.C5H10.C4H8.3C4H10.C4H8.C4H4.C3H6.4Y/c1-7(2)9-6-4-3-5-8(9)10;2*1-2-4-6-5-3-1;4*1-5(2,3)4;1-3-5-4-2;1-2-4-3-1;3*1-4(2)3;2*1-3-4-2;1-3-2;;;;/h7H,3-6H2,1-2H3;1-2H,3-6H2;1-6H;4*1-4H3;1-5H2;1-4H2;3*4H,1-3H3;1-4H2;1-4H;1-3H2;;;;/q;;;;;;;-2;;;;;3*-2;;;;. The third-order valence-corrected chi connectivity index (χ3v) is 5.67. The summed E-state index contributed by atoms with van der Waals surface area (Å²) in [5, 5.41) is 0. The Kier molecular flexibility index (Phi) is 141. The van der Waals surface area contributed by atoms with E-state index in [1.165, 1.54) is 76.4 Å². The van der Waals surface area contributed by atoms with Crippen LogP contribution in [0.1, 0.15) is 296 Å². The van der Waals surface area contributed by atoms with Gasteiger partial charge in [-0.2, -0.15) is 12.8 Å². The summed E-state index contributed by atoms with van der Waals surface area (Å²) in [5.41, 5.74) is 2.00.